The third kappa shape index (κ3) is 2.99. The van der Waals surface area contributed by atoms with Crippen molar-refractivity contribution in [1.29, 1.82) is 0 Å². The molecule has 0 saturated carbocycles. The lowest BCUT2D eigenvalue weighted by molar-refractivity contribution is -0.384. The Hall–Kier alpha value is -2.38. The molecule has 1 aliphatic heterocycles. The Morgan fingerprint density at radius 2 is 1.86 bits per heavy atom. The summed E-state index contributed by atoms with van der Waals surface area (Å²) >= 11 is 11.6. The maximum absolute atomic E-state index is 11.1. The number of nitrogens with zero attached hydrogens (tertiary/aromatic N) is 1. The van der Waals surface area contributed by atoms with E-state index in [1.807, 2.05) is 12.1 Å². The number of rotatable bonds is 4. The second kappa shape index (κ2) is 7.22. The normalized spacial score (nSPS) is 22.8. The van der Waals surface area contributed by atoms with Gasteiger partial charge in [0.1, 0.15) is 5.02 Å². The van der Waals surface area contributed by atoms with Crippen LogP contribution in [0.5, 0.6) is 11.5 Å². The number of fused-ring (bicyclic) bond motifs is 3. The summed E-state index contributed by atoms with van der Waals surface area (Å²) in [6.07, 6.45) is 1.74. The van der Waals surface area contributed by atoms with Crippen LogP contribution < -0.4 is 14.8 Å². The first kappa shape index (κ1) is 19.0. The molecule has 1 saturated heterocycles. The molecule has 0 aromatic heterocycles. The molecular weight excluding hydrogens is 400 g/mol. The van der Waals surface area contributed by atoms with Crippen molar-refractivity contribution >= 4 is 34.5 Å². The fourth-order valence-corrected chi connectivity index (χ4v) is 4.96. The smallest absolute Gasteiger partial charge is 0.287 e. The Labute approximate surface area is 172 Å². The van der Waals surface area contributed by atoms with Gasteiger partial charge in [-0.3, -0.25) is 10.1 Å². The minimum Gasteiger partial charge on any atom is -0.493 e. The van der Waals surface area contributed by atoms with Gasteiger partial charge in [0.05, 0.1) is 30.2 Å². The van der Waals surface area contributed by atoms with Crippen molar-refractivity contribution in [3.05, 3.63) is 62.2 Å². The summed E-state index contributed by atoms with van der Waals surface area (Å²) in [4.78, 5) is 11.5. The van der Waals surface area contributed by atoms with Gasteiger partial charge in [-0.15, -0.1) is 0 Å². The molecule has 1 N–H and O–H groups in total. The van der Waals surface area contributed by atoms with Gasteiger partial charge in [-0.2, -0.15) is 0 Å². The number of nitrogens with one attached hydrogen (secondary N) is 1. The van der Waals surface area contributed by atoms with Crippen LogP contribution in [-0.4, -0.2) is 24.1 Å². The highest BCUT2D eigenvalue weighted by Gasteiger charge is 2.44. The first-order valence-corrected chi connectivity index (χ1v) is 9.72. The third-order valence-electron chi connectivity index (χ3n) is 5.66. The number of halogens is 1. The summed E-state index contributed by atoms with van der Waals surface area (Å²) in [6.45, 7) is 0. The number of nitro groups is 1. The first-order chi connectivity index (χ1) is 13.4. The second-order valence-electron chi connectivity index (χ2n) is 7.03. The van der Waals surface area contributed by atoms with Crippen molar-refractivity contribution in [2.45, 2.75) is 24.8 Å². The summed E-state index contributed by atoms with van der Waals surface area (Å²) < 4.78 is 11.0. The lowest BCUT2D eigenvalue weighted by Gasteiger charge is -2.32. The molecule has 0 spiro atoms. The summed E-state index contributed by atoms with van der Waals surface area (Å²) in [5.41, 5.74) is 3.08. The molecule has 2 aromatic rings. The van der Waals surface area contributed by atoms with E-state index in [9.17, 15) is 10.1 Å². The molecule has 146 valence electrons. The summed E-state index contributed by atoms with van der Waals surface area (Å²) in [5.74, 6) is 1.62. The van der Waals surface area contributed by atoms with Gasteiger partial charge in [0.2, 0.25) is 0 Å². The molecular formula is C20H19ClN2O4S. The van der Waals surface area contributed by atoms with E-state index in [1.54, 1.807) is 26.4 Å². The van der Waals surface area contributed by atoms with Gasteiger partial charge in [-0.25, -0.2) is 0 Å². The molecule has 2 aromatic carbocycles. The van der Waals surface area contributed by atoms with E-state index in [2.05, 4.69) is 5.32 Å². The first-order valence-electron chi connectivity index (χ1n) is 8.93. The molecule has 28 heavy (non-hydrogen) atoms. The van der Waals surface area contributed by atoms with Crippen molar-refractivity contribution < 1.29 is 14.4 Å². The van der Waals surface area contributed by atoms with Crippen LogP contribution in [0.1, 0.15) is 41.5 Å². The predicted molar refractivity (Wildman–Crippen MR) is 111 cm³/mol. The van der Waals surface area contributed by atoms with Crippen LogP contribution in [0.2, 0.25) is 5.02 Å². The standard InChI is InChI=1S/C20H19ClN2O4S/c1-26-16-8-12-13(9-17(16)27-2)20-11(4-6-18(28)22-20)19(12)10-3-5-15(23(24)25)14(21)7-10/h3,5,7-9,11,19-20H,4,6H2,1-2H3,(H,22,28). The molecule has 0 bridgehead atoms. The van der Waals surface area contributed by atoms with Crippen LogP contribution in [0, 0.1) is 16.0 Å². The zero-order valence-corrected chi connectivity index (χ0v) is 17.0. The number of hydrogen-bond donors (Lipinski definition) is 1. The van der Waals surface area contributed by atoms with Crippen molar-refractivity contribution in [3.8, 4) is 11.5 Å². The van der Waals surface area contributed by atoms with E-state index in [-0.39, 0.29) is 28.6 Å². The average Bonchev–Trinajstić information content (AvgIpc) is 2.98. The number of piperidine rings is 1. The molecule has 6 nitrogen and oxygen atoms in total. The lowest BCUT2D eigenvalue weighted by atomic mass is 9.80. The number of thiocarbonyl (C=S) groups is 1. The summed E-state index contributed by atoms with van der Waals surface area (Å²) in [5, 5.41) is 14.7. The van der Waals surface area contributed by atoms with E-state index in [1.165, 1.54) is 6.07 Å². The Morgan fingerprint density at radius 3 is 2.46 bits per heavy atom. The molecule has 8 heteroatoms. The SMILES string of the molecule is COc1cc2c(cc1OC)C(c1ccc([N+](=O)[O-])c(Cl)c1)C1CCC(=S)NC21. The lowest BCUT2D eigenvalue weighted by Crippen LogP contribution is -2.36. The van der Waals surface area contributed by atoms with Crippen molar-refractivity contribution in [1.82, 2.24) is 5.32 Å². The molecule has 1 heterocycles. The largest absolute Gasteiger partial charge is 0.493 e. The highest BCUT2D eigenvalue weighted by atomic mass is 35.5. The number of nitro benzene ring substituents is 1. The third-order valence-corrected chi connectivity index (χ3v) is 6.29. The average molecular weight is 419 g/mol. The van der Waals surface area contributed by atoms with Crippen LogP contribution >= 0.6 is 23.8 Å². The summed E-state index contributed by atoms with van der Waals surface area (Å²) in [7, 11) is 3.22. The van der Waals surface area contributed by atoms with E-state index in [4.69, 9.17) is 33.3 Å². The van der Waals surface area contributed by atoms with Crippen molar-refractivity contribution in [3.63, 3.8) is 0 Å². The monoisotopic (exact) mass is 418 g/mol. The highest BCUT2D eigenvalue weighted by molar-refractivity contribution is 7.80. The molecule has 0 amide bonds. The topological polar surface area (TPSA) is 73.6 Å². The quantitative estimate of drug-likeness (QED) is 0.437. The van der Waals surface area contributed by atoms with Crippen molar-refractivity contribution in [2.24, 2.45) is 5.92 Å². The van der Waals surface area contributed by atoms with Gasteiger partial charge < -0.3 is 14.8 Å². The van der Waals surface area contributed by atoms with Gasteiger partial charge in [0.15, 0.2) is 11.5 Å². The maximum atomic E-state index is 11.1. The highest BCUT2D eigenvalue weighted by Crippen LogP contribution is 2.54. The molecule has 3 unspecified atom stereocenters. The number of benzene rings is 2. The van der Waals surface area contributed by atoms with Crippen LogP contribution in [0.15, 0.2) is 30.3 Å². The van der Waals surface area contributed by atoms with Gasteiger partial charge in [0, 0.05) is 12.0 Å². The number of methoxy groups -OCH3 is 2. The van der Waals surface area contributed by atoms with Crippen LogP contribution in [0.25, 0.3) is 0 Å². The van der Waals surface area contributed by atoms with E-state index in [0.29, 0.717) is 11.5 Å². The molecule has 0 radical (unpaired) electrons. The van der Waals surface area contributed by atoms with E-state index >= 15 is 0 Å². The van der Waals surface area contributed by atoms with E-state index in [0.717, 1.165) is 34.5 Å². The fourth-order valence-electron chi connectivity index (χ4n) is 4.46. The zero-order chi connectivity index (χ0) is 20.0. The number of ether oxygens (including phenoxy) is 2. The second-order valence-corrected chi connectivity index (χ2v) is 7.93. The fraction of sp³-hybridized carbons (Fsp3) is 0.350. The van der Waals surface area contributed by atoms with Gasteiger partial charge in [-0.05, 0) is 53.6 Å². The minimum atomic E-state index is -0.466. The van der Waals surface area contributed by atoms with Gasteiger partial charge >= 0.3 is 0 Å². The minimum absolute atomic E-state index is 0.0358. The van der Waals surface area contributed by atoms with Gasteiger partial charge in [0.25, 0.3) is 5.69 Å². The van der Waals surface area contributed by atoms with Gasteiger partial charge in [-0.1, -0.05) is 29.9 Å². The molecule has 3 atom stereocenters. The predicted octanol–water partition coefficient (Wildman–Crippen LogP) is 4.78. The molecule has 1 fully saturated rings. The Balaban J connectivity index is 1.87. The molecule has 2 aliphatic rings. The Kier molecular flexibility index (Phi) is 4.89. The van der Waals surface area contributed by atoms with E-state index < -0.39 is 4.92 Å². The van der Waals surface area contributed by atoms with Crippen LogP contribution in [0.3, 0.4) is 0 Å². The Morgan fingerprint density at radius 1 is 1.18 bits per heavy atom. The Bertz CT molecular complexity index is 981. The number of hydrogen-bond acceptors (Lipinski definition) is 5. The molecule has 4 rings (SSSR count). The summed E-state index contributed by atoms with van der Waals surface area (Å²) in [6, 6.07) is 9.04. The maximum Gasteiger partial charge on any atom is 0.287 e. The van der Waals surface area contributed by atoms with Crippen LogP contribution in [0.4, 0.5) is 5.69 Å². The van der Waals surface area contributed by atoms with Crippen LogP contribution in [-0.2, 0) is 0 Å². The zero-order valence-electron chi connectivity index (χ0n) is 15.4. The van der Waals surface area contributed by atoms with Crippen molar-refractivity contribution in [2.75, 3.05) is 14.2 Å². The molecule has 1 aliphatic carbocycles.